The Morgan fingerprint density at radius 1 is 1.77 bits per heavy atom. The van der Waals surface area contributed by atoms with Gasteiger partial charge in [-0.2, -0.15) is 0 Å². The van der Waals surface area contributed by atoms with Crippen molar-refractivity contribution in [3.63, 3.8) is 0 Å². The molecule has 1 rings (SSSR count). The van der Waals surface area contributed by atoms with Crippen LogP contribution in [0.3, 0.4) is 0 Å². The molecule has 0 saturated heterocycles. The molecule has 1 aliphatic rings. The van der Waals surface area contributed by atoms with Crippen LogP contribution in [0.4, 0.5) is 0 Å². The molecule has 0 aliphatic heterocycles. The highest BCUT2D eigenvalue weighted by molar-refractivity contribution is 9.11. The number of carboxylic acids is 1. The molecule has 0 aromatic heterocycles. The van der Waals surface area contributed by atoms with Crippen LogP contribution < -0.4 is 5.73 Å². The zero-order valence-electron chi connectivity index (χ0n) is 7.54. The summed E-state index contributed by atoms with van der Waals surface area (Å²) in [5, 5.41) is 8.91. The summed E-state index contributed by atoms with van der Waals surface area (Å²) in [5.41, 5.74) is 5.99. The van der Waals surface area contributed by atoms with Gasteiger partial charge >= 0.3 is 5.97 Å². The van der Waals surface area contributed by atoms with Crippen LogP contribution in [0.5, 0.6) is 0 Å². The molecule has 0 radical (unpaired) electrons. The van der Waals surface area contributed by atoms with Gasteiger partial charge in [-0.05, 0) is 19.4 Å². The summed E-state index contributed by atoms with van der Waals surface area (Å²) < 4.78 is 0.870. The van der Waals surface area contributed by atoms with Crippen LogP contribution in [0.25, 0.3) is 0 Å². The fourth-order valence-corrected chi connectivity index (χ4v) is 1.91. The molecule has 0 spiro atoms. The van der Waals surface area contributed by atoms with E-state index in [0.717, 1.165) is 10.1 Å². The normalized spacial score (nSPS) is 33.7. The van der Waals surface area contributed by atoms with Crippen LogP contribution in [0.1, 0.15) is 13.8 Å². The summed E-state index contributed by atoms with van der Waals surface area (Å²) in [6, 6.07) is 0. The molecule has 0 saturated carbocycles. The van der Waals surface area contributed by atoms with Crippen molar-refractivity contribution in [2.75, 3.05) is 0 Å². The van der Waals surface area contributed by atoms with Gasteiger partial charge in [0.15, 0.2) is 0 Å². The van der Waals surface area contributed by atoms with Gasteiger partial charge in [0.1, 0.15) is 0 Å². The minimum Gasteiger partial charge on any atom is -0.481 e. The number of carboxylic acid groups (broad SMARTS) is 1. The van der Waals surface area contributed by atoms with Crippen molar-refractivity contribution in [2.24, 2.45) is 11.7 Å². The first-order chi connectivity index (χ1) is 5.87. The van der Waals surface area contributed by atoms with E-state index in [1.807, 2.05) is 6.92 Å². The smallest absolute Gasteiger partial charge is 0.312 e. The van der Waals surface area contributed by atoms with Crippen LogP contribution in [0.15, 0.2) is 22.2 Å². The second kappa shape index (κ2) is 3.27. The molecule has 0 aromatic rings. The van der Waals surface area contributed by atoms with Crippen molar-refractivity contribution in [2.45, 2.75) is 19.4 Å². The molecule has 0 fully saturated rings. The van der Waals surface area contributed by atoms with Crippen molar-refractivity contribution in [1.29, 1.82) is 0 Å². The Bertz CT molecular complexity index is 305. The third-order valence-corrected chi connectivity index (χ3v) is 3.37. The molecule has 0 heterocycles. The van der Waals surface area contributed by atoms with Crippen LogP contribution >= 0.6 is 15.9 Å². The third-order valence-electron chi connectivity index (χ3n) is 2.51. The van der Waals surface area contributed by atoms with Crippen molar-refractivity contribution in [3.05, 3.63) is 22.2 Å². The van der Waals surface area contributed by atoms with Gasteiger partial charge in [-0.15, -0.1) is 0 Å². The lowest BCUT2D eigenvalue weighted by Crippen LogP contribution is -2.49. The van der Waals surface area contributed by atoms with Gasteiger partial charge in [-0.1, -0.05) is 28.1 Å². The summed E-state index contributed by atoms with van der Waals surface area (Å²) in [7, 11) is 0. The SMILES string of the molecule is CC1=C(Br)C=CC(C(=O)O)C1(C)N. The monoisotopic (exact) mass is 245 g/mol. The van der Waals surface area contributed by atoms with Gasteiger partial charge in [0.25, 0.3) is 0 Å². The predicted molar refractivity (Wildman–Crippen MR) is 54.5 cm³/mol. The minimum absolute atomic E-state index is 0.645. The van der Waals surface area contributed by atoms with Gasteiger partial charge in [0.05, 0.1) is 11.5 Å². The number of allylic oxidation sites excluding steroid dienone is 2. The number of carbonyl (C=O) groups is 1. The van der Waals surface area contributed by atoms with Crippen LogP contribution in [-0.2, 0) is 4.79 Å². The molecule has 13 heavy (non-hydrogen) atoms. The van der Waals surface area contributed by atoms with Gasteiger partial charge in [0.2, 0.25) is 0 Å². The molecule has 2 unspecified atom stereocenters. The van der Waals surface area contributed by atoms with Crippen molar-refractivity contribution in [1.82, 2.24) is 0 Å². The number of rotatable bonds is 1. The fraction of sp³-hybridized carbons (Fsp3) is 0.444. The fourth-order valence-electron chi connectivity index (χ4n) is 1.33. The summed E-state index contributed by atoms with van der Waals surface area (Å²) in [6.45, 7) is 3.56. The van der Waals surface area contributed by atoms with E-state index in [2.05, 4.69) is 15.9 Å². The Kier molecular flexibility index (Phi) is 2.63. The zero-order chi connectivity index (χ0) is 10.2. The Labute approximate surface area is 85.4 Å². The summed E-state index contributed by atoms with van der Waals surface area (Å²) in [4.78, 5) is 10.9. The standard InChI is InChI=1S/C9H12BrNO2/c1-5-7(10)4-3-6(8(12)13)9(5,2)11/h3-4,6H,11H2,1-2H3,(H,12,13). The largest absolute Gasteiger partial charge is 0.481 e. The van der Waals surface area contributed by atoms with Gasteiger partial charge in [0, 0.05) is 4.48 Å². The highest BCUT2D eigenvalue weighted by Crippen LogP contribution is 2.33. The second-order valence-electron chi connectivity index (χ2n) is 3.43. The topological polar surface area (TPSA) is 63.3 Å². The van der Waals surface area contributed by atoms with E-state index >= 15 is 0 Å². The lowest BCUT2D eigenvalue weighted by molar-refractivity contribution is -0.141. The first kappa shape index (κ1) is 10.5. The van der Waals surface area contributed by atoms with E-state index in [9.17, 15) is 4.79 Å². The first-order valence-corrected chi connectivity index (χ1v) is 4.73. The predicted octanol–water partition coefficient (Wildman–Crippen LogP) is 1.64. The Morgan fingerprint density at radius 2 is 2.31 bits per heavy atom. The van der Waals surface area contributed by atoms with Gasteiger partial charge < -0.3 is 10.8 Å². The third kappa shape index (κ3) is 1.69. The highest BCUT2D eigenvalue weighted by atomic mass is 79.9. The lowest BCUT2D eigenvalue weighted by Gasteiger charge is -2.33. The molecular weight excluding hydrogens is 234 g/mol. The van der Waals surface area contributed by atoms with Gasteiger partial charge in [-0.25, -0.2) is 0 Å². The average molecular weight is 246 g/mol. The molecule has 0 amide bonds. The molecule has 2 atom stereocenters. The summed E-state index contributed by atoms with van der Waals surface area (Å²) in [5.74, 6) is -1.53. The second-order valence-corrected chi connectivity index (χ2v) is 4.28. The molecule has 72 valence electrons. The summed E-state index contributed by atoms with van der Waals surface area (Å²) >= 11 is 3.33. The van der Waals surface area contributed by atoms with E-state index in [4.69, 9.17) is 10.8 Å². The van der Waals surface area contributed by atoms with Crippen molar-refractivity contribution < 1.29 is 9.90 Å². The Hall–Kier alpha value is -0.610. The van der Waals surface area contributed by atoms with Crippen molar-refractivity contribution >= 4 is 21.9 Å². The number of hydrogen-bond donors (Lipinski definition) is 2. The van der Waals surface area contributed by atoms with E-state index in [1.54, 1.807) is 19.1 Å². The molecule has 0 aromatic carbocycles. The van der Waals surface area contributed by atoms with E-state index in [0.29, 0.717) is 0 Å². The number of aliphatic carboxylic acids is 1. The quantitative estimate of drug-likeness (QED) is 0.739. The maximum Gasteiger partial charge on any atom is 0.312 e. The molecule has 3 nitrogen and oxygen atoms in total. The van der Waals surface area contributed by atoms with Crippen LogP contribution in [0.2, 0.25) is 0 Å². The Morgan fingerprint density at radius 3 is 2.77 bits per heavy atom. The van der Waals surface area contributed by atoms with E-state index in [1.165, 1.54) is 0 Å². The molecule has 4 heteroatoms. The number of hydrogen-bond acceptors (Lipinski definition) is 2. The van der Waals surface area contributed by atoms with Crippen LogP contribution in [0, 0.1) is 5.92 Å². The highest BCUT2D eigenvalue weighted by Gasteiger charge is 2.38. The number of halogens is 1. The zero-order valence-corrected chi connectivity index (χ0v) is 9.13. The first-order valence-electron chi connectivity index (χ1n) is 3.94. The number of nitrogens with two attached hydrogens (primary N) is 1. The molecule has 0 bridgehead atoms. The lowest BCUT2D eigenvalue weighted by atomic mass is 9.77. The minimum atomic E-state index is -0.888. The Balaban J connectivity index is 3.12. The maximum atomic E-state index is 10.9. The molecule has 3 N–H and O–H groups in total. The van der Waals surface area contributed by atoms with Crippen molar-refractivity contribution in [3.8, 4) is 0 Å². The molecule has 1 aliphatic carbocycles. The summed E-state index contributed by atoms with van der Waals surface area (Å²) in [6.07, 6.45) is 3.35. The van der Waals surface area contributed by atoms with E-state index < -0.39 is 17.4 Å². The molecular formula is C9H12BrNO2. The average Bonchev–Trinajstić information content (AvgIpc) is 1.99. The van der Waals surface area contributed by atoms with Crippen LogP contribution in [-0.4, -0.2) is 16.6 Å². The van der Waals surface area contributed by atoms with E-state index in [-0.39, 0.29) is 0 Å². The van der Waals surface area contributed by atoms with Gasteiger partial charge in [-0.3, -0.25) is 4.79 Å². The maximum absolute atomic E-state index is 10.9.